The average Bonchev–Trinajstić information content (AvgIpc) is 2.98. The molecule has 3 rings (SSSR count). The Hall–Kier alpha value is -2.12. The molecule has 0 fully saturated rings. The van der Waals surface area contributed by atoms with Crippen molar-refractivity contribution in [1.29, 1.82) is 0 Å². The van der Waals surface area contributed by atoms with Crippen LogP contribution in [0.5, 0.6) is 0 Å². The Labute approximate surface area is 173 Å². The first-order valence-electron chi connectivity index (χ1n) is 9.38. The predicted octanol–water partition coefficient (Wildman–Crippen LogP) is 3.97. The molecule has 1 amide bonds. The second-order valence-corrected chi connectivity index (χ2v) is 9.34. The molecule has 0 aliphatic heterocycles. The zero-order valence-corrected chi connectivity index (χ0v) is 18.0. The third-order valence-corrected chi connectivity index (χ3v) is 6.97. The maximum Gasteiger partial charge on any atom is 0.259 e. The van der Waals surface area contributed by atoms with Gasteiger partial charge < -0.3 is 10.3 Å². The minimum absolute atomic E-state index is 0.0179. The summed E-state index contributed by atoms with van der Waals surface area (Å²) in [6.07, 6.45) is 1.86. The van der Waals surface area contributed by atoms with Gasteiger partial charge in [-0.05, 0) is 44.7 Å². The molecule has 0 radical (unpaired) electrons. The van der Waals surface area contributed by atoms with Crippen molar-refractivity contribution in [3.63, 3.8) is 0 Å². The number of nitrogens with zero attached hydrogens (tertiary/aromatic N) is 1. The van der Waals surface area contributed by atoms with Gasteiger partial charge in [0.2, 0.25) is 5.91 Å². The molecule has 0 saturated heterocycles. The third-order valence-electron chi connectivity index (χ3n) is 4.71. The summed E-state index contributed by atoms with van der Waals surface area (Å²) >= 11 is 3.02. The number of amides is 1. The van der Waals surface area contributed by atoms with Crippen LogP contribution in [0.1, 0.15) is 35.2 Å². The van der Waals surface area contributed by atoms with Gasteiger partial charge in [0.1, 0.15) is 10.7 Å². The minimum atomic E-state index is -0.204. The highest BCUT2D eigenvalue weighted by Gasteiger charge is 2.15. The summed E-state index contributed by atoms with van der Waals surface area (Å²) in [5.41, 5.74) is 2.18. The van der Waals surface area contributed by atoms with Gasteiger partial charge in [-0.2, -0.15) is 0 Å². The molecule has 3 aromatic rings. The Bertz CT molecular complexity index is 1010. The van der Waals surface area contributed by atoms with Crippen LogP contribution in [0.3, 0.4) is 0 Å². The van der Waals surface area contributed by atoms with Crippen LogP contribution in [0, 0.1) is 13.8 Å². The summed E-state index contributed by atoms with van der Waals surface area (Å²) in [6, 6.07) is 10.3. The number of aromatic nitrogens is 2. The summed E-state index contributed by atoms with van der Waals surface area (Å²) in [5.74, 6) is 1.14. The molecule has 1 aromatic carbocycles. The summed E-state index contributed by atoms with van der Waals surface area (Å²) in [5, 5.41) is 3.47. The first-order valence-corrected chi connectivity index (χ1v) is 11.2. The van der Waals surface area contributed by atoms with E-state index in [2.05, 4.69) is 27.4 Å². The Kier molecular flexibility index (Phi) is 6.91. The van der Waals surface area contributed by atoms with E-state index in [4.69, 9.17) is 0 Å². The van der Waals surface area contributed by atoms with E-state index in [1.165, 1.54) is 28.7 Å². The molecule has 0 aliphatic carbocycles. The van der Waals surface area contributed by atoms with Crippen molar-refractivity contribution >= 4 is 39.2 Å². The first kappa shape index (κ1) is 20.6. The van der Waals surface area contributed by atoms with Gasteiger partial charge in [0, 0.05) is 11.4 Å². The number of H-pyrrole nitrogens is 1. The van der Waals surface area contributed by atoms with E-state index in [1.807, 2.05) is 39.0 Å². The summed E-state index contributed by atoms with van der Waals surface area (Å²) < 4.78 is 0. The molecule has 0 bridgehead atoms. The molecule has 7 heteroatoms. The van der Waals surface area contributed by atoms with Crippen LogP contribution < -0.4 is 10.9 Å². The van der Waals surface area contributed by atoms with Crippen molar-refractivity contribution in [1.82, 2.24) is 15.3 Å². The van der Waals surface area contributed by atoms with Crippen LogP contribution in [-0.4, -0.2) is 27.7 Å². The van der Waals surface area contributed by atoms with E-state index in [9.17, 15) is 9.59 Å². The van der Waals surface area contributed by atoms with Gasteiger partial charge in [-0.15, -0.1) is 23.1 Å². The number of nitrogens with one attached hydrogen (secondary N) is 2. The molecule has 148 valence electrons. The summed E-state index contributed by atoms with van der Waals surface area (Å²) in [4.78, 5) is 33.9. The quantitative estimate of drug-likeness (QED) is 0.546. The van der Waals surface area contributed by atoms with E-state index in [0.29, 0.717) is 23.5 Å². The van der Waals surface area contributed by atoms with Crippen molar-refractivity contribution in [2.75, 3.05) is 6.54 Å². The first-order chi connectivity index (χ1) is 13.5. The molecule has 0 aliphatic rings. The molecule has 5 nitrogen and oxygen atoms in total. The number of rotatable bonds is 8. The lowest BCUT2D eigenvalue weighted by atomic mass is 10.1. The van der Waals surface area contributed by atoms with Crippen LogP contribution in [0.4, 0.5) is 0 Å². The number of carbonyl (C=O) groups is 1. The number of thioether (sulfide) groups is 1. The Balaban J connectivity index is 1.48. The van der Waals surface area contributed by atoms with Gasteiger partial charge in [0.15, 0.2) is 0 Å². The van der Waals surface area contributed by atoms with E-state index >= 15 is 0 Å². The van der Waals surface area contributed by atoms with Crippen molar-refractivity contribution < 1.29 is 4.79 Å². The lowest BCUT2D eigenvalue weighted by Crippen LogP contribution is -2.32. The van der Waals surface area contributed by atoms with Crippen molar-refractivity contribution in [3.8, 4) is 0 Å². The SMILES string of the molecule is Cc1sc2nc(CSC(C)C(=O)NCCCc3ccccc3)[nH]c(=O)c2c1C. The van der Waals surface area contributed by atoms with Crippen molar-refractivity contribution in [2.24, 2.45) is 0 Å². The Morgan fingerprint density at radius 2 is 2.04 bits per heavy atom. The number of aromatic amines is 1. The maximum absolute atomic E-state index is 12.3. The van der Waals surface area contributed by atoms with Gasteiger partial charge >= 0.3 is 0 Å². The molecular formula is C21H25N3O2S2. The second-order valence-electron chi connectivity index (χ2n) is 6.81. The standard InChI is InChI=1S/C21H25N3O2S2/c1-13-14(2)28-21-18(13)20(26)23-17(24-21)12-27-15(3)19(25)22-11-7-10-16-8-5-4-6-9-16/h4-6,8-9,15H,7,10-12H2,1-3H3,(H,22,25)(H,23,24,26). The van der Waals surface area contributed by atoms with Gasteiger partial charge in [0.05, 0.1) is 16.4 Å². The van der Waals surface area contributed by atoms with Gasteiger partial charge in [0.25, 0.3) is 5.56 Å². The number of fused-ring (bicyclic) bond motifs is 1. The average molecular weight is 416 g/mol. The maximum atomic E-state index is 12.3. The monoisotopic (exact) mass is 415 g/mol. The smallest absolute Gasteiger partial charge is 0.259 e. The number of benzene rings is 1. The molecule has 2 N–H and O–H groups in total. The molecule has 1 atom stereocenters. The lowest BCUT2D eigenvalue weighted by Gasteiger charge is -2.11. The van der Waals surface area contributed by atoms with Crippen LogP contribution in [0.25, 0.3) is 10.2 Å². The van der Waals surface area contributed by atoms with Gasteiger partial charge in [-0.1, -0.05) is 30.3 Å². The van der Waals surface area contributed by atoms with E-state index in [0.717, 1.165) is 28.1 Å². The van der Waals surface area contributed by atoms with E-state index in [1.54, 1.807) is 0 Å². The van der Waals surface area contributed by atoms with Crippen LogP contribution in [0.2, 0.25) is 0 Å². The Morgan fingerprint density at radius 1 is 1.29 bits per heavy atom. The fourth-order valence-corrected chi connectivity index (χ4v) is 4.77. The zero-order chi connectivity index (χ0) is 20.1. The van der Waals surface area contributed by atoms with Crippen LogP contribution in [0.15, 0.2) is 35.1 Å². The summed E-state index contributed by atoms with van der Waals surface area (Å²) in [6.45, 7) is 6.49. The zero-order valence-electron chi connectivity index (χ0n) is 16.4. The van der Waals surface area contributed by atoms with Crippen molar-refractivity contribution in [2.45, 2.75) is 44.6 Å². The van der Waals surface area contributed by atoms with Gasteiger partial charge in [-0.3, -0.25) is 9.59 Å². The fraction of sp³-hybridized carbons (Fsp3) is 0.381. The number of hydrogen-bond donors (Lipinski definition) is 2. The molecule has 2 heterocycles. The Morgan fingerprint density at radius 3 is 2.79 bits per heavy atom. The second kappa shape index (κ2) is 9.39. The molecule has 2 aromatic heterocycles. The fourth-order valence-electron chi connectivity index (χ4n) is 2.94. The highest BCUT2D eigenvalue weighted by Crippen LogP contribution is 2.26. The third kappa shape index (κ3) is 5.02. The normalized spacial score (nSPS) is 12.2. The minimum Gasteiger partial charge on any atom is -0.355 e. The number of thiophene rings is 1. The van der Waals surface area contributed by atoms with E-state index in [-0.39, 0.29) is 16.7 Å². The molecule has 0 spiro atoms. The number of aryl methyl sites for hydroxylation is 3. The van der Waals surface area contributed by atoms with Crippen LogP contribution >= 0.6 is 23.1 Å². The molecule has 0 saturated carbocycles. The largest absolute Gasteiger partial charge is 0.355 e. The molecule has 28 heavy (non-hydrogen) atoms. The molecule has 1 unspecified atom stereocenters. The van der Waals surface area contributed by atoms with Crippen molar-refractivity contribution in [3.05, 3.63) is 62.5 Å². The van der Waals surface area contributed by atoms with E-state index < -0.39 is 0 Å². The number of hydrogen-bond acceptors (Lipinski definition) is 5. The topological polar surface area (TPSA) is 74.8 Å². The highest BCUT2D eigenvalue weighted by atomic mass is 32.2. The number of carbonyl (C=O) groups excluding carboxylic acids is 1. The van der Waals surface area contributed by atoms with Crippen LogP contribution in [-0.2, 0) is 17.0 Å². The summed E-state index contributed by atoms with van der Waals surface area (Å²) in [7, 11) is 0. The molecular weight excluding hydrogens is 390 g/mol. The van der Waals surface area contributed by atoms with Gasteiger partial charge in [-0.25, -0.2) is 4.98 Å². The lowest BCUT2D eigenvalue weighted by molar-refractivity contribution is -0.120. The predicted molar refractivity (Wildman–Crippen MR) is 118 cm³/mol. The highest BCUT2D eigenvalue weighted by molar-refractivity contribution is 7.99.